The van der Waals surface area contributed by atoms with Gasteiger partial charge in [-0.15, -0.1) is 0 Å². The summed E-state index contributed by atoms with van der Waals surface area (Å²) in [6.07, 6.45) is 2.18. The maximum Gasteiger partial charge on any atom is 0.137 e. The Labute approximate surface area is 139 Å². The predicted octanol–water partition coefficient (Wildman–Crippen LogP) is 4.28. The van der Waals surface area contributed by atoms with Crippen molar-refractivity contribution in [1.82, 2.24) is 9.38 Å². The van der Waals surface area contributed by atoms with Crippen LogP contribution in [-0.2, 0) is 6.54 Å². The number of pyridine rings is 1. The first kappa shape index (κ1) is 15.3. The minimum Gasteiger partial charge on any atom is -0.326 e. The third-order valence-corrected chi connectivity index (χ3v) is 4.14. The van der Waals surface area contributed by atoms with Crippen LogP contribution in [-0.4, -0.2) is 35.0 Å². The first-order valence-electron chi connectivity index (χ1n) is 7.37. The molecule has 0 radical (unpaired) electrons. The molecule has 0 bridgehead atoms. The van der Waals surface area contributed by atoms with E-state index < -0.39 is 0 Å². The highest BCUT2D eigenvalue weighted by Gasteiger charge is 2.20. The molecule has 3 nitrogen and oxygen atoms in total. The van der Waals surface area contributed by atoms with Crippen LogP contribution in [0.2, 0.25) is 0 Å². The second-order valence-electron chi connectivity index (χ2n) is 6.80. The maximum absolute atomic E-state index is 4.88. The lowest BCUT2D eigenvalue weighted by molar-refractivity contribution is -0.884. The van der Waals surface area contributed by atoms with Crippen LogP contribution in [0, 0.1) is 6.92 Å². The van der Waals surface area contributed by atoms with E-state index in [-0.39, 0.29) is 0 Å². The van der Waals surface area contributed by atoms with Crippen LogP contribution in [0.25, 0.3) is 16.9 Å². The lowest BCUT2D eigenvalue weighted by Crippen LogP contribution is -2.34. The molecule has 0 atom stereocenters. The van der Waals surface area contributed by atoms with Crippen LogP contribution in [0.5, 0.6) is 0 Å². The number of aromatic nitrogens is 2. The number of rotatable bonds is 3. The van der Waals surface area contributed by atoms with Crippen molar-refractivity contribution in [2.45, 2.75) is 13.5 Å². The highest BCUT2D eigenvalue weighted by molar-refractivity contribution is 9.10. The number of nitrogens with zero attached hydrogens (tertiary/aromatic N) is 3. The number of imidazole rings is 1. The molecule has 114 valence electrons. The number of halogens is 1. The topological polar surface area (TPSA) is 17.3 Å². The van der Waals surface area contributed by atoms with E-state index in [4.69, 9.17) is 4.98 Å². The zero-order chi connectivity index (χ0) is 15.9. The molecular weight excluding hydrogens is 338 g/mol. The van der Waals surface area contributed by atoms with Crippen molar-refractivity contribution in [2.75, 3.05) is 21.1 Å². The van der Waals surface area contributed by atoms with Crippen LogP contribution < -0.4 is 0 Å². The van der Waals surface area contributed by atoms with Gasteiger partial charge in [-0.3, -0.25) is 4.40 Å². The molecule has 0 saturated carbocycles. The molecule has 22 heavy (non-hydrogen) atoms. The van der Waals surface area contributed by atoms with Gasteiger partial charge in [0.25, 0.3) is 0 Å². The average Bonchev–Trinajstić information content (AvgIpc) is 2.76. The molecule has 0 saturated heterocycles. The molecule has 2 heterocycles. The van der Waals surface area contributed by atoms with E-state index in [0.717, 1.165) is 32.4 Å². The molecule has 0 amide bonds. The summed E-state index contributed by atoms with van der Waals surface area (Å²) in [6, 6.07) is 12.6. The number of hydrogen-bond donors (Lipinski definition) is 0. The normalized spacial score (nSPS) is 12.0. The van der Waals surface area contributed by atoms with Gasteiger partial charge < -0.3 is 4.48 Å². The zero-order valence-electron chi connectivity index (χ0n) is 13.5. The van der Waals surface area contributed by atoms with E-state index in [2.05, 4.69) is 91.0 Å². The van der Waals surface area contributed by atoms with E-state index in [1.165, 1.54) is 11.3 Å². The van der Waals surface area contributed by atoms with Crippen molar-refractivity contribution in [3.8, 4) is 11.3 Å². The van der Waals surface area contributed by atoms with Crippen LogP contribution in [0.3, 0.4) is 0 Å². The number of hydrogen-bond acceptors (Lipinski definition) is 1. The van der Waals surface area contributed by atoms with Gasteiger partial charge in [-0.05, 0) is 30.7 Å². The van der Waals surface area contributed by atoms with E-state index in [9.17, 15) is 0 Å². The summed E-state index contributed by atoms with van der Waals surface area (Å²) in [5, 5.41) is 0. The Morgan fingerprint density at radius 1 is 1.05 bits per heavy atom. The molecule has 1 aromatic carbocycles. The molecule has 0 unspecified atom stereocenters. The summed E-state index contributed by atoms with van der Waals surface area (Å²) in [5.74, 6) is 0. The quantitative estimate of drug-likeness (QED) is 0.638. The Bertz CT molecular complexity index is 811. The fourth-order valence-electron chi connectivity index (χ4n) is 2.64. The molecule has 0 aliphatic heterocycles. The largest absolute Gasteiger partial charge is 0.326 e. The highest BCUT2D eigenvalue weighted by atomic mass is 79.9. The van der Waals surface area contributed by atoms with E-state index >= 15 is 0 Å². The van der Waals surface area contributed by atoms with Gasteiger partial charge in [0.2, 0.25) is 0 Å². The summed E-state index contributed by atoms with van der Waals surface area (Å²) in [7, 11) is 6.63. The molecular formula is C18H21BrN3+. The van der Waals surface area contributed by atoms with Crippen LogP contribution in [0.1, 0.15) is 11.3 Å². The van der Waals surface area contributed by atoms with Crippen molar-refractivity contribution in [3.05, 3.63) is 58.3 Å². The fourth-order valence-corrected chi connectivity index (χ4v) is 2.90. The Balaban J connectivity index is 2.23. The predicted molar refractivity (Wildman–Crippen MR) is 94.8 cm³/mol. The Morgan fingerprint density at radius 2 is 1.73 bits per heavy atom. The molecule has 2 aromatic heterocycles. The summed E-state index contributed by atoms with van der Waals surface area (Å²) in [4.78, 5) is 4.88. The summed E-state index contributed by atoms with van der Waals surface area (Å²) in [6.45, 7) is 3.05. The molecule has 0 fully saturated rings. The first-order valence-corrected chi connectivity index (χ1v) is 8.17. The van der Waals surface area contributed by atoms with Crippen molar-refractivity contribution in [1.29, 1.82) is 0 Å². The average molecular weight is 359 g/mol. The first-order chi connectivity index (χ1) is 10.3. The molecule has 4 heteroatoms. The minimum absolute atomic E-state index is 0.866. The summed E-state index contributed by atoms with van der Waals surface area (Å²) >= 11 is 3.50. The Morgan fingerprint density at radius 3 is 2.36 bits per heavy atom. The monoisotopic (exact) mass is 358 g/mol. The fraction of sp³-hybridized carbons (Fsp3) is 0.278. The highest BCUT2D eigenvalue weighted by Crippen LogP contribution is 2.27. The molecule has 0 spiro atoms. The smallest absolute Gasteiger partial charge is 0.137 e. The van der Waals surface area contributed by atoms with Crippen molar-refractivity contribution in [2.24, 2.45) is 0 Å². The van der Waals surface area contributed by atoms with Crippen molar-refractivity contribution < 1.29 is 4.48 Å². The van der Waals surface area contributed by atoms with Crippen molar-refractivity contribution >= 4 is 21.6 Å². The lowest BCUT2D eigenvalue weighted by atomic mass is 10.1. The van der Waals surface area contributed by atoms with Crippen molar-refractivity contribution in [3.63, 3.8) is 0 Å². The second kappa shape index (κ2) is 5.52. The van der Waals surface area contributed by atoms with Gasteiger partial charge in [-0.25, -0.2) is 4.98 Å². The number of benzene rings is 1. The van der Waals surface area contributed by atoms with Crippen LogP contribution in [0.4, 0.5) is 0 Å². The summed E-state index contributed by atoms with van der Waals surface area (Å²) < 4.78 is 4.19. The number of quaternary nitrogens is 1. The minimum atomic E-state index is 0.866. The van der Waals surface area contributed by atoms with E-state index in [1.54, 1.807) is 0 Å². The van der Waals surface area contributed by atoms with Gasteiger partial charge >= 0.3 is 0 Å². The SMILES string of the molecule is Cc1ccc2nc(-c3ccc(Br)cc3)c(C[N+](C)(C)C)n2c1. The number of aryl methyl sites for hydroxylation is 1. The molecule has 0 aliphatic carbocycles. The summed E-state index contributed by atoms with van der Waals surface area (Å²) in [5.41, 5.74) is 5.74. The molecule has 3 rings (SSSR count). The van der Waals surface area contributed by atoms with Crippen LogP contribution >= 0.6 is 15.9 Å². The van der Waals surface area contributed by atoms with Gasteiger partial charge in [0.15, 0.2) is 0 Å². The Hall–Kier alpha value is -1.65. The molecule has 0 aliphatic rings. The van der Waals surface area contributed by atoms with E-state index in [1.807, 2.05) is 0 Å². The van der Waals surface area contributed by atoms with Gasteiger partial charge in [0.1, 0.15) is 17.9 Å². The molecule has 3 aromatic rings. The van der Waals surface area contributed by atoms with Gasteiger partial charge in [-0.1, -0.05) is 34.1 Å². The van der Waals surface area contributed by atoms with Gasteiger partial charge in [0.05, 0.1) is 26.8 Å². The maximum atomic E-state index is 4.88. The van der Waals surface area contributed by atoms with Gasteiger partial charge in [-0.2, -0.15) is 0 Å². The van der Waals surface area contributed by atoms with E-state index in [0.29, 0.717) is 0 Å². The third kappa shape index (κ3) is 3.08. The zero-order valence-corrected chi connectivity index (χ0v) is 15.1. The standard InChI is InChI=1S/C18H21BrN3/c1-13-5-10-17-20-18(14-6-8-15(19)9-7-14)16(21(17)11-13)12-22(2,3)4/h5-11H,12H2,1-4H3/q+1. The third-order valence-electron chi connectivity index (χ3n) is 3.61. The lowest BCUT2D eigenvalue weighted by Gasteiger charge is -2.24. The Kier molecular flexibility index (Phi) is 3.83. The van der Waals surface area contributed by atoms with Gasteiger partial charge in [0, 0.05) is 16.2 Å². The molecule has 0 N–H and O–H groups in total. The number of fused-ring (bicyclic) bond motifs is 1. The van der Waals surface area contributed by atoms with Crippen LogP contribution in [0.15, 0.2) is 47.1 Å². The second-order valence-corrected chi connectivity index (χ2v) is 7.71.